The molecule has 0 aromatic rings. The van der Waals surface area contributed by atoms with Gasteiger partial charge < -0.3 is 5.32 Å². The van der Waals surface area contributed by atoms with Crippen LogP contribution in [0.1, 0.15) is 46.5 Å². The van der Waals surface area contributed by atoms with Gasteiger partial charge in [-0.2, -0.15) is 0 Å². The van der Waals surface area contributed by atoms with E-state index in [0.717, 1.165) is 17.9 Å². The molecule has 2 fully saturated rings. The van der Waals surface area contributed by atoms with Gasteiger partial charge in [-0.3, -0.25) is 4.90 Å². The molecule has 2 aliphatic rings. The molecule has 0 radical (unpaired) electrons. The summed E-state index contributed by atoms with van der Waals surface area (Å²) in [6, 6.07) is 1.54. The molecule has 94 valence electrons. The number of rotatable bonds is 2. The Morgan fingerprint density at radius 1 is 1.25 bits per heavy atom. The molecule has 4 atom stereocenters. The zero-order chi connectivity index (χ0) is 11.5. The lowest BCUT2D eigenvalue weighted by atomic mass is 9.92. The maximum absolute atomic E-state index is 3.60. The van der Waals surface area contributed by atoms with Crippen molar-refractivity contribution in [2.24, 2.45) is 11.8 Å². The monoisotopic (exact) mass is 224 g/mol. The van der Waals surface area contributed by atoms with E-state index in [9.17, 15) is 0 Å². The Morgan fingerprint density at radius 2 is 2.06 bits per heavy atom. The Balaban J connectivity index is 1.95. The normalized spacial score (nSPS) is 42.2. The highest BCUT2D eigenvalue weighted by Gasteiger charge is 2.35. The van der Waals surface area contributed by atoms with Crippen LogP contribution in [0.15, 0.2) is 0 Å². The van der Waals surface area contributed by atoms with Crippen molar-refractivity contribution in [3.05, 3.63) is 0 Å². The summed E-state index contributed by atoms with van der Waals surface area (Å²) in [4.78, 5) is 2.77. The Labute approximate surface area is 101 Å². The summed E-state index contributed by atoms with van der Waals surface area (Å²) < 4.78 is 0. The zero-order valence-electron chi connectivity index (χ0n) is 11.2. The molecule has 1 heterocycles. The SMILES string of the molecule is CCC1CCC(N2CCCNC(C)C2)C1C. The lowest BCUT2D eigenvalue weighted by molar-refractivity contribution is 0.153. The van der Waals surface area contributed by atoms with Gasteiger partial charge in [-0.05, 0) is 51.1 Å². The van der Waals surface area contributed by atoms with Gasteiger partial charge in [0.1, 0.15) is 0 Å². The van der Waals surface area contributed by atoms with Crippen LogP contribution in [0, 0.1) is 11.8 Å². The molecule has 1 aliphatic heterocycles. The minimum absolute atomic E-state index is 0.676. The van der Waals surface area contributed by atoms with Gasteiger partial charge >= 0.3 is 0 Å². The Kier molecular flexibility index (Phi) is 4.26. The summed E-state index contributed by atoms with van der Waals surface area (Å²) in [5.74, 6) is 1.90. The number of nitrogens with zero attached hydrogens (tertiary/aromatic N) is 1. The molecule has 16 heavy (non-hydrogen) atoms. The fourth-order valence-corrected chi connectivity index (χ4v) is 3.76. The van der Waals surface area contributed by atoms with E-state index >= 15 is 0 Å². The van der Waals surface area contributed by atoms with Crippen molar-refractivity contribution in [2.75, 3.05) is 19.6 Å². The van der Waals surface area contributed by atoms with Gasteiger partial charge in [0.25, 0.3) is 0 Å². The third-order valence-corrected chi connectivity index (χ3v) is 4.80. The minimum atomic E-state index is 0.676. The van der Waals surface area contributed by atoms with Crippen LogP contribution in [0.3, 0.4) is 0 Å². The van der Waals surface area contributed by atoms with Crippen LogP contribution >= 0.6 is 0 Å². The van der Waals surface area contributed by atoms with Gasteiger partial charge in [0.05, 0.1) is 0 Å². The lowest BCUT2D eigenvalue weighted by Gasteiger charge is -2.33. The Bertz CT molecular complexity index is 217. The highest BCUT2D eigenvalue weighted by atomic mass is 15.2. The molecule has 1 aliphatic carbocycles. The van der Waals surface area contributed by atoms with Crippen molar-refractivity contribution in [3.63, 3.8) is 0 Å². The molecule has 1 saturated carbocycles. The van der Waals surface area contributed by atoms with E-state index in [2.05, 4.69) is 31.0 Å². The summed E-state index contributed by atoms with van der Waals surface area (Å²) in [6.07, 6.45) is 5.59. The molecule has 1 N–H and O–H groups in total. The van der Waals surface area contributed by atoms with E-state index in [4.69, 9.17) is 0 Å². The molecule has 0 amide bonds. The molecule has 0 spiro atoms. The molecule has 2 heteroatoms. The summed E-state index contributed by atoms with van der Waals surface area (Å²) in [5.41, 5.74) is 0. The van der Waals surface area contributed by atoms with Crippen LogP contribution in [0.2, 0.25) is 0 Å². The van der Waals surface area contributed by atoms with Gasteiger partial charge in [0.2, 0.25) is 0 Å². The predicted octanol–water partition coefficient (Wildman–Crippen LogP) is 2.49. The van der Waals surface area contributed by atoms with Crippen LogP contribution in [0.4, 0.5) is 0 Å². The zero-order valence-corrected chi connectivity index (χ0v) is 11.2. The third kappa shape index (κ3) is 2.60. The summed E-state index contributed by atoms with van der Waals surface area (Å²) in [7, 11) is 0. The van der Waals surface area contributed by atoms with E-state index in [1.165, 1.54) is 45.3 Å². The van der Waals surface area contributed by atoms with Gasteiger partial charge in [0.15, 0.2) is 0 Å². The highest BCUT2D eigenvalue weighted by molar-refractivity contribution is 4.90. The average molecular weight is 224 g/mol. The lowest BCUT2D eigenvalue weighted by Crippen LogP contribution is -2.43. The van der Waals surface area contributed by atoms with Gasteiger partial charge in [-0.1, -0.05) is 20.3 Å². The largest absolute Gasteiger partial charge is 0.313 e. The van der Waals surface area contributed by atoms with E-state index in [0.29, 0.717) is 6.04 Å². The first-order valence-electron chi connectivity index (χ1n) is 7.19. The standard InChI is InChI=1S/C14H28N2/c1-4-13-6-7-14(12(13)3)16-9-5-8-15-11(2)10-16/h11-15H,4-10H2,1-3H3. The van der Waals surface area contributed by atoms with Crippen LogP contribution < -0.4 is 5.32 Å². The second-order valence-corrected chi connectivity index (χ2v) is 5.88. The maximum atomic E-state index is 3.60. The molecule has 0 bridgehead atoms. The second kappa shape index (κ2) is 5.50. The van der Waals surface area contributed by atoms with E-state index in [1.54, 1.807) is 0 Å². The molecule has 1 saturated heterocycles. The van der Waals surface area contributed by atoms with E-state index in [1.807, 2.05) is 0 Å². The van der Waals surface area contributed by atoms with Crippen LogP contribution in [-0.4, -0.2) is 36.6 Å². The molecular weight excluding hydrogens is 196 g/mol. The van der Waals surface area contributed by atoms with Gasteiger partial charge in [0, 0.05) is 18.6 Å². The third-order valence-electron chi connectivity index (χ3n) is 4.80. The summed E-state index contributed by atoms with van der Waals surface area (Å²) in [6.45, 7) is 10.9. The summed E-state index contributed by atoms with van der Waals surface area (Å²) >= 11 is 0. The van der Waals surface area contributed by atoms with Crippen molar-refractivity contribution in [1.29, 1.82) is 0 Å². The number of nitrogens with one attached hydrogen (secondary N) is 1. The first kappa shape index (κ1) is 12.4. The van der Waals surface area contributed by atoms with E-state index in [-0.39, 0.29) is 0 Å². The molecule has 0 aromatic carbocycles. The van der Waals surface area contributed by atoms with Crippen LogP contribution in [0.5, 0.6) is 0 Å². The molecule has 0 aromatic heterocycles. The number of hydrogen-bond donors (Lipinski definition) is 1. The molecule has 2 rings (SSSR count). The molecule has 4 unspecified atom stereocenters. The average Bonchev–Trinajstić information content (AvgIpc) is 2.50. The predicted molar refractivity (Wildman–Crippen MR) is 69.6 cm³/mol. The first-order chi connectivity index (χ1) is 7.72. The second-order valence-electron chi connectivity index (χ2n) is 5.88. The van der Waals surface area contributed by atoms with Crippen molar-refractivity contribution in [1.82, 2.24) is 10.2 Å². The fraction of sp³-hybridized carbons (Fsp3) is 1.00. The van der Waals surface area contributed by atoms with Crippen molar-refractivity contribution >= 4 is 0 Å². The van der Waals surface area contributed by atoms with Crippen LogP contribution in [-0.2, 0) is 0 Å². The van der Waals surface area contributed by atoms with Crippen molar-refractivity contribution in [2.45, 2.75) is 58.5 Å². The quantitative estimate of drug-likeness (QED) is 0.775. The van der Waals surface area contributed by atoms with Crippen molar-refractivity contribution < 1.29 is 0 Å². The summed E-state index contributed by atoms with van der Waals surface area (Å²) in [5, 5.41) is 3.60. The number of hydrogen-bond acceptors (Lipinski definition) is 2. The molecule has 2 nitrogen and oxygen atoms in total. The topological polar surface area (TPSA) is 15.3 Å². The fourth-order valence-electron chi connectivity index (χ4n) is 3.76. The maximum Gasteiger partial charge on any atom is 0.0166 e. The van der Waals surface area contributed by atoms with Crippen LogP contribution in [0.25, 0.3) is 0 Å². The van der Waals surface area contributed by atoms with Gasteiger partial charge in [-0.15, -0.1) is 0 Å². The van der Waals surface area contributed by atoms with Gasteiger partial charge in [-0.25, -0.2) is 0 Å². The Morgan fingerprint density at radius 3 is 2.75 bits per heavy atom. The minimum Gasteiger partial charge on any atom is -0.313 e. The Hall–Kier alpha value is -0.0800. The van der Waals surface area contributed by atoms with Crippen molar-refractivity contribution in [3.8, 4) is 0 Å². The smallest absolute Gasteiger partial charge is 0.0166 e. The van der Waals surface area contributed by atoms with E-state index < -0.39 is 0 Å². The highest BCUT2D eigenvalue weighted by Crippen LogP contribution is 2.37. The molecular formula is C14H28N2. The first-order valence-corrected chi connectivity index (χ1v) is 7.19.